The molecular formula is C18H17N5O2S. The molecule has 3 aromatic heterocycles. The molecule has 0 amide bonds. The summed E-state index contributed by atoms with van der Waals surface area (Å²) in [6, 6.07) is 9.68. The second kappa shape index (κ2) is 7.01. The Morgan fingerprint density at radius 2 is 1.88 bits per heavy atom. The van der Waals surface area contributed by atoms with E-state index < -0.39 is 0 Å². The van der Waals surface area contributed by atoms with Crippen molar-refractivity contribution < 1.29 is 9.47 Å². The van der Waals surface area contributed by atoms with Gasteiger partial charge in [0.2, 0.25) is 10.1 Å². The summed E-state index contributed by atoms with van der Waals surface area (Å²) in [6.45, 7) is 0.696. The Balaban J connectivity index is 1.55. The van der Waals surface area contributed by atoms with E-state index in [1.165, 1.54) is 11.3 Å². The van der Waals surface area contributed by atoms with Gasteiger partial charge in [-0.3, -0.25) is 4.98 Å². The van der Waals surface area contributed by atoms with Crippen LogP contribution >= 0.6 is 11.3 Å². The molecule has 8 heteroatoms. The maximum atomic E-state index is 5.36. The number of benzene rings is 1. The second-order valence-corrected chi connectivity index (χ2v) is 6.50. The van der Waals surface area contributed by atoms with Gasteiger partial charge in [0.1, 0.15) is 0 Å². The fourth-order valence-electron chi connectivity index (χ4n) is 2.58. The maximum absolute atomic E-state index is 5.36. The molecule has 7 nitrogen and oxygen atoms in total. The molecule has 4 aromatic rings. The van der Waals surface area contributed by atoms with Crippen molar-refractivity contribution in [3.63, 3.8) is 0 Å². The van der Waals surface area contributed by atoms with Gasteiger partial charge in [0.25, 0.3) is 0 Å². The predicted molar refractivity (Wildman–Crippen MR) is 101 cm³/mol. The third-order valence-corrected chi connectivity index (χ3v) is 4.80. The van der Waals surface area contributed by atoms with Crippen LogP contribution in [0, 0.1) is 0 Å². The highest BCUT2D eigenvalue weighted by atomic mass is 32.1. The molecule has 4 rings (SSSR count). The normalized spacial score (nSPS) is 10.8. The van der Waals surface area contributed by atoms with E-state index in [-0.39, 0.29) is 0 Å². The van der Waals surface area contributed by atoms with Gasteiger partial charge in [0, 0.05) is 24.5 Å². The third-order valence-electron chi connectivity index (χ3n) is 3.92. The average Bonchev–Trinajstić information content (AvgIpc) is 3.25. The van der Waals surface area contributed by atoms with Gasteiger partial charge >= 0.3 is 0 Å². The number of hydrogen-bond donors (Lipinski definition) is 1. The molecule has 132 valence electrons. The van der Waals surface area contributed by atoms with Gasteiger partial charge in [-0.25, -0.2) is 9.50 Å². The van der Waals surface area contributed by atoms with Gasteiger partial charge in [0.05, 0.1) is 26.1 Å². The number of nitrogens with one attached hydrogen (secondary N) is 1. The summed E-state index contributed by atoms with van der Waals surface area (Å²) in [6.07, 6.45) is 5.47. The number of fused-ring (bicyclic) bond motifs is 1. The van der Waals surface area contributed by atoms with Crippen molar-refractivity contribution >= 4 is 21.4 Å². The lowest BCUT2D eigenvalue weighted by atomic mass is 10.1. The molecule has 0 radical (unpaired) electrons. The standard InChI is InChI=1S/C18H17N5O2S/c1-24-15-4-3-13(9-16(15)25-2)14-11-23-18(21-14)26-17(22-23)20-10-12-5-7-19-8-6-12/h3-9,11H,10H2,1-2H3,(H,20,22). The maximum Gasteiger partial charge on any atom is 0.214 e. The summed E-state index contributed by atoms with van der Waals surface area (Å²) >= 11 is 1.51. The molecule has 3 heterocycles. The first-order valence-corrected chi connectivity index (χ1v) is 8.80. The van der Waals surface area contributed by atoms with Crippen LogP contribution in [0.3, 0.4) is 0 Å². The van der Waals surface area contributed by atoms with E-state index in [1.807, 2.05) is 36.5 Å². The zero-order valence-electron chi connectivity index (χ0n) is 14.3. The van der Waals surface area contributed by atoms with Crippen LogP contribution in [0.4, 0.5) is 5.13 Å². The molecule has 0 aliphatic heterocycles. The van der Waals surface area contributed by atoms with Crippen molar-refractivity contribution in [3.05, 3.63) is 54.5 Å². The van der Waals surface area contributed by atoms with Crippen molar-refractivity contribution in [1.29, 1.82) is 0 Å². The molecule has 0 bridgehead atoms. The molecule has 26 heavy (non-hydrogen) atoms. The molecule has 0 unspecified atom stereocenters. The predicted octanol–water partition coefficient (Wildman–Crippen LogP) is 3.48. The van der Waals surface area contributed by atoms with Crippen molar-refractivity contribution in [3.8, 4) is 22.8 Å². The van der Waals surface area contributed by atoms with Crippen LogP contribution in [-0.2, 0) is 6.54 Å². The summed E-state index contributed by atoms with van der Waals surface area (Å²) in [5.41, 5.74) is 2.94. The fourth-order valence-corrected chi connectivity index (χ4v) is 3.36. The third kappa shape index (κ3) is 3.18. The number of methoxy groups -OCH3 is 2. The first kappa shape index (κ1) is 16.3. The number of rotatable bonds is 6. The summed E-state index contributed by atoms with van der Waals surface area (Å²) in [5.74, 6) is 1.37. The van der Waals surface area contributed by atoms with Crippen molar-refractivity contribution in [2.45, 2.75) is 6.54 Å². The van der Waals surface area contributed by atoms with Crippen molar-refractivity contribution in [1.82, 2.24) is 19.6 Å². The minimum absolute atomic E-state index is 0.675. The molecule has 0 saturated carbocycles. The van der Waals surface area contributed by atoms with Gasteiger partial charge in [-0.2, -0.15) is 0 Å². The van der Waals surface area contributed by atoms with Crippen LogP contribution in [0.2, 0.25) is 0 Å². The van der Waals surface area contributed by atoms with Gasteiger partial charge < -0.3 is 14.8 Å². The lowest BCUT2D eigenvalue weighted by Gasteiger charge is -2.08. The Morgan fingerprint density at radius 1 is 1.08 bits per heavy atom. The van der Waals surface area contributed by atoms with E-state index in [4.69, 9.17) is 9.47 Å². The second-order valence-electron chi connectivity index (χ2n) is 5.54. The van der Waals surface area contributed by atoms with Crippen LogP contribution < -0.4 is 14.8 Å². The Hall–Kier alpha value is -3.13. The first-order valence-electron chi connectivity index (χ1n) is 7.98. The number of ether oxygens (including phenoxy) is 2. The van der Waals surface area contributed by atoms with E-state index in [2.05, 4.69) is 20.4 Å². The average molecular weight is 367 g/mol. The summed E-state index contributed by atoms with van der Waals surface area (Å²) in [4.78, 5) is 9.50. The van der Waals surface area contributed by atoms with Gasteiger partial charge in [-0.15, -0.1) is 5.10 Å². The molecule has 1 aromatic carbocycles. The van der Waals surface area contributed by atoms with Gasteiger partial charge in [-0.05, 0) is 35.9 Å². The number of imidazole rings is 1. The lowest BCUT2D eigenvalue weighted by molar-refractivity contribution is 0.355. The molecule has 0 aliphatic rings. The first-order chi connectivity index (χ1) is 12.8. The molecule has 0 aliphatic carbocycles. The zero-order chi connectivity index (χ0) is 17.9. The Kier molecular flexibility index (Phi) is 4.40. The largest absolute Gasteiger partial charge is 0.493 e. The lowest BCUT2D eigenvalue weighted by Crippen LogP contribution is -1.99. The molecule has 0 fully saturated rings. The fraction of sp³-hybridized carbons (Fsp3) is 0.167. The van der Waals surface area contributed by atoms with Crippen molar-refractivity contribution in [2.75, 3.05) is 19.5 Å². The summed E-state index contributed by atoms with van der Waals surface area (Å²) < 4.78 is 12.4. The van der Waals surface area contributed by atoms with Crippen LogP contribution in [0.5, 0.6) is 11.5 Å². The van der Waals surface area contributed by atoms with Crippen molar-refractivity contribution in [2.24, 2.45) is 0 Å². The number of anilines is 1. The topological polar surface area (TPSA) is 73.6 Å². The van der Waals surface area contributed by atoms with E-state index >= 15 is 0 Å². The number of nitrogens with zero attached hydrogens (tertiary/aromatic N) is 4. The molecule has 1 N–H and O–H groups in total. The van der Waals surface area contributed by atoms with E-state index in [0.717, 1.165) is 26.9 Å². The number of hydrogen-bond acceptors (Lipinski definition) is 7. The van der Waals surface area contributed by atoms with E-state index in [9.17, 15) is 0 Å². The molecule has 0 atom stereocenters. The highest BCUT2D eigenvalue weighted by Crippen LogP contribution is 2.32. The quantitative estimate of drug-likeness (QED) is 0.562. The minimum Gasteiger partial charge on any atom is -0.493 e. The smallest absolute Gasteiger partial charge is 0.214 e. The number of aromatic nitrogens is 4. The molecule has 0 spiro atoms. The SMILES string of the molecule is COc1ccc(-c2cn3nc(NCc4ccncc4)sc3n2)cc1OC. The van der Waals surface area contributed by atoms with E-state index in [0.29, 0.717) is 18.0 Å². The molecular weight excluding hydrogens is 350 g/mol. The zero-order valence-corrected chi connectivity index (χ0v) is 15.2. The Labute approximate surface area is 154 Å². The minimum atomic E-state index is 0.675. The van der Waals surface area contributed by atoms with Crippen LogP contribution in [-0.4, -0.2) is 33.8 Å². The van der Waals surface area contributed by atoms with Gasteiger partial charge in [0.15, 0.2) is 11.5 Å². The molecule has 0 saturated heterocycles. The summed E-state index contributed by atoms with van der Waals surface area (Å²) in [7, 11) is 3.24. The Bertz CT molecular complexity index is 997. The number of pyridine rings is 1. The van der Waals surface area contributed by atoms with Crippen LogP contribution in [0.1, 0.15) is 5.56 Å². The van der Waals surface area contributed by atoms with E-state index in [1.54, 1.807) is 31.1 Å². The highest BCUT2D eigenvalue weighted by molar-refractivity contribution is 7.20. The Morgan fingerprint density at radius 3 is 2.62 bits per heavy atom. The van der Waals surface area contributed by atoms with Crippen LogP contribution in [0.25, 0.3) is 16.2 Å². The highest BCUT2D eigenvalue weighted by Gasteiger charge is 2.12. The van der Waals surface area contributed by atoms with Gasteiger partial charge in [-0.1, -0.05) is 11.3 Å². The summed E-state index contributed by atoms with van der Waals surface area (Å²) in [5, 5.41) is 8.67. The monoisotopic (exact) mass is 367 g/mol. The van der Waals surface area contributed by atoms with Crippen LogP contribution in [0.15, 0.2) is 48.9 Å².